The molecule has 1 atom stereocenters. The fraction of sp³-hybridized carbons (Fsp3) is 0.111. The first kappa shape index (κ1) is 27.0. The minimum atomic E-state index is -0.0268. The van der Waals surface area contributed by atoms with Crippen LogP contribution in [0.3, 0.4) is 0 Å². The Morgan fingerprint density at radius 1 is 0.889 bits per heavy atom. The molecule has 3 heterocycles. The van der Waals surface area contributed by atoms with Crippen LogP contribution in [-0.2, 0) is 6.54 Å². The van der Waals surface area contributed by atoms with E-state index in [1.807, 2.05) is 35.3 Å². The molecule has 1 unspecified atom stereocenters. The van der Waals surface area contributed by atoms with Crippen molar-refractivity contribution >= 4 is 49.8 Å². The number of nitrogens with zero attached hydrogens (tertiary/aromatic N) is 4. The van der Waals surface area contributed by atoms with Crippen LogP contribution in [-0.4, -0.2) is 40.0 Å². The highest BCUT2D eigenvalue weighted by Crippen LogP contribution is 2.35. The van der Waals surface area contributed by atoms with E-state index in [9.17, 15) is 0 Å². The molecule has 7 aromatic rings. The van der Waals surface area contributed by atoms with Crippen molar-refractivity contribution in [3.8, 4) is 26.9 Å². The van der Waals surface area contributed by atoms with Gasteiger partial charge in [-0.1, -0.05) is 53.8 Å². The maximum Gasteiger partial charge on any atom is 0.148 e. The van der Waals surface area contributed by atoms with E-state index in [1.165, 1.54) is 27.1 Å². The molecular weight excluding hydrogens is 579 g/mol. The average Bonchev–Trinajstić information content (AvgIpc) is 3.83. The summed E-state index contributed by atoms with van der Waals surface area (Å²) in [7, 11) is 0. The summed E-state index contributed by atoms with van der Waals surface area (Å²) in [5, 5.41) is 23.7. The van der Waals surface area contributed by atoms with Crippen molar-refractivity contribution in [2.24, 2.45) is 16.1 Å². The number of hydrogen-bond acceptors (Lipinski definition) is 7. The molecule has 8 rings (SSSR count). The van der Waals surface area contributed by atoms with Gasteiger partial charge in [0.15, 0.2) is 0 Å². The Morgan fingerprint density at radius 2 is 1.62 bits per heavy atom. The SMILES string of the molecule is N=C(N)c1ccc2nc(-c3ccc(-c4ccc(OCC5CN(Cc6c7ccccc7cc7ccccc67)N=N5)cc4)s3)[nH]c2c1. The minimum Gasteiger partial charge on any atom is -0.491 e. The Labute approximate surface area is 263 Å². The summed E-state index contributed by atoms with van der Waals surface area (Å²) in [4.78, 5) is 10.3. The lowest BCUT2D eigenvalue weighted by atomic mass is 9.96. The second kappa shape index (κ2) is 11.2. The van der Waals surface area contributed by atoms with Crippen LogP contribution >= 0.6 is 11.3 Å². The molecule has 0 saturated carbocycles. The van der Waals surface area contributed by atoms with Crippen LogP contribution in [0.4, 0.5) is 0 Å². The standard InChI is InChI=1S/C36H29N7OS/c37-35(38)25-11-14-31-32(18-25)40-36(39-31)34-16-15-33(45-34)22-9-12-27(13-10-22)44-21-26-19-43(42-41-26)20-30-28-7-3-1-5-23(28)17-24-6-2-4-8-29(24)30/h1-18,26H,19-21H2,(H3,37,38)(H,39,40). The number of imidazole rings is 1. The van der Waals surface area contributed by atoms with Gasteiger partial charge in [-0.2, -0.15) is 5.11 Å². The lowest BCUT2D eigenvalue weighted by Gasteiger charge is -2.18. The Morgan fingerprint density at radius 3 is 2.38 bits per heavy atom. The maximum absolute atomic E-state index is 7.68. The molecule has 1 aliphatic heterocycles. The van der Waals surface area contributed by atoms with Crippen molar-refractivity contribution in [2.75, 3.05) is 13.2 Å². The van der Waals surface area contributed by atoms with Crippen LogP contribution in [0.5, 0.6) is 5.75 Å². The monoisotopic (exact) mass is 607 g/mol. The van der Waals surface area contributed by atoms with Crippen LogP contribution in [0, 0.1) is 5.41 Å². The van der Waals surface area contributed by atoms with Gasteiger partial charge in [-0.05, 0) is 93.3 Å². The first-order valence-electron chi connectivity index (χ1n) is 14.8. The topological polar surface area (TPSA) is 116 Å². The summed E-state index contributed by atoms with van der Waals surface area (Å²) >= 11 is 1.67. The maximum atomic E-state index is 7.68. The zero-order chi connectivity index (χ0) is 30.3. The lowest BCUT2D eigenvalue weighted by Crippen LogP contribution is -2.25. The van der Waals surface area contributed by atoms with E-state index >= 15 is 0 Å². The zero-order valence-corrected chi connectivity index (χ0v) is 25.1. The summed E-state index contributed by atoms with van der Waals surface area (Å²) < 4.78 is 6.14. The van der Waals surface area contributed by atoms with Gasteiger partial charge in [0, 0.05) is 10.4 Å². The molecule has 0 bridgehead atoms. The van der Waals surface area contributed by atoms with Gasteiger partial charge in [0.05, 0.1) is 29.0 Å². The predicted octanol–water partition coefficient (Wildman–Crippen LogP) is 8.18. The van der Waals surface area contributed by atoms with Crippen LogP contribution in [0.2, 0.25) is 0 Å². The van der Waals surface area contributed by atoms with Crippen molar-refractivity contribution in [1.82, 2.24) is 15.0 Å². The molecular formula is C36H29N7OS. The van der Waals surface area contributed by atoms with E-state index in [0.29, 0.717) is 25.3 Å². The molecule has 0 radical (unpaired) electrons. The van der Waals surface area contributed by atoms with E-state index in [-0.39, 0.29) is 11.9 Å². The molecule has 45 heavy (non-hydrogen) atoms. The number of nitrogens with two attached hydrogens (primary N) is 1. The Bertz CT molecular complexity index is 2180. The fourth-order valence-electron chi connectivity index (χ4n) is 5.93. The summed E-state index contributed by atoms with van der Waals surface area (Å²) in [6, 6.07) is 37.2. The third-order valence-electron chi connectivity index (χ3n) is 8.20. The molecule has 1 aliphatic rings. The highest BCUT2D eigenvalue weighted by Gasteiger charge is 2.22. The number of aromatic amines is 1. The third-order valence-corrected chi connectivity index (χ3v) is 9.34. The van der Waals surface area contributed by atoms with Crippen molar-refractivity contribution in [3.63, 3.8) is 0 Å². The molecule has 220 valence electrons. The van der Waals surface area contributed by atoms with E-state index < -0.39 is 0 Å². The smallest absolute Gasteiger partial charge is 0.148 e. The number of nitrogens with one attached hydrogen (secondary N) is 2. The number of fused-ring (bicyclic) bond motifs is 3. The largest absolute Gasteiger partial charge is 0.491 e. The van der Waals surface area contributed by atoms with Gasteiger partial charge >= 0.3 is 0 Å². The van der Waals surface area contributed by atoms with E-state index in [4.69, 9.17) is 20.9 Å². The number of ether oxygens (including phenoxy) is 1. The van der Waals surface area contributed by atoms with Crippen molar-refractivity contribution < 1.29 is 4.74 Å². The van der Waals surface area contributed by atoms with Gasteiger partial charge < -0.3 is 15.5 Å². The van der Waals surface area contributed by atoms with Gasteiger partial charge in [-0.15, -0.1) is 11.3 Å². The summed E-state index contributed by atoms with van der Waals surface area (Å²) in [5.74, 6) is 1.65. The average molecular weight is 608 g/mol. The van der Waals surface area contributed by atoms with E-state index in [1.54, 1.807) is 11.3 Å². The number of hydrogen-bond donors (Lipinski definition) is 3. The number of nitrogen functional groups attached to an aromatic ring is 1. The Balaban J connectivity index is 0.909. The highest BCUT2D eigenvalue weighted by atomic mass is 32.1. The quantitative estimate of drug-likeness (QED) is 0.0918. The van der Waals surface area contributed by atoms with Gasteiger partial charge in [0.25, 0.3) is 0 Å². The zero-order valence-electron chi connectivity index (χ0n) is 24.3. The second-order valence-corrected chi connectivity index (χ2v) is 12.3. The van der Waals surface area contributed by atoms with Crippen molar-refractivity contribution in [2.45, 2.75) is 12.6 Å². The van der Waals surface area contributed by atoms with Crippen LogP contribution in [0.1, 0.15) is 11.1 Å². The van der Waals surface area contributed by atoms with Gasteiger partial charge in [0.2, 0.25) is 0 Å². The summed E-state index contributed by atoms with van der Waals surface area (Å²) in [5.41, 5.74) is 10.4. The highest BCUT2D eigenvalue weighted by molar-refractivity contribution is 7.18. The van der Waals surface area contributed by atoms with Crippen LogP contribution in [0.15, 0.2) is 120 Å². The molecule has 2 aromatic heterocycles. The van der Waals surface area contributed by atoms with E-state index in [0.717, 1.165) is 37.9 Å². The molecule has 0 saturated heterocycles. The minimum absolute atomic E-state index is 0.0268. The molecule has 9 heteroatoms. The van der Waals surface area contributed by atoms with Crippen LogP contribution in [0.25, 0.3) is 53.7 Å². The number of thiophene rings is 1. The number of aromatic nitrogens is 2. The number of amidine groups is 1. The number of benzene rings is 5. The molecule has 0 aliphatic carbocycles. The lowest BCUT2D eigenvalue weighted by molar-refractivity contribution is 0.256. The summed E-state index contributed by atoms with van der Waals surface area (Å²) in [6.07, 6.45) is 0. The fourth-order valence-corrected chi connectivity index (χ4v) is 6.88. The van der Waals surface area contributed by atoms with Gasteiger partial charge in [-0.3, -0.25) is 10.4 Å². The Hall–Kier alpha value is -5.54. The normalized spacial score (nSPS) is 14.6. The van der Waals surface area contributed by atoms with Gasteiger partial charge in [-0.25, -0.2) is 4.98 Å². The molecule has 0 spiro atoms. The summed E-state index contributed by atoms with van der Waals surface area (Å²) in [6.45, 7) is 1.88. The Kier molecular flexibility index (Phi) is 6.72. The molecule has 0 fully saturated rings. The van der Waals surface area contributed by atoms with Crippen LogP contribution < -0.4 is 10.5 Å². The van der Waals surface area contributed by atoms with Crippen molar-refractivity contribution in [1.29, 1.82) is 5.41 Å². The third kappa shape index (κ3) is 5.27. The van der Waals surface area contributed by atoms with E-state index in [2.05, 4.69) is 94.2 Å². The molecule has 4 N–H and O–H groups in total. The first-order valence-corrected chi connectivity index (χ1v) is 15.6. The number of H-pyrrole nitrogens is 1. The van der Waals surface area contributed by atoms with Crippen molar-refractivity contribution in [3.05, 3.63) is 120 Å². The first-order chi connectivity index (χ1) is 22.1. The number of rotatable bonds is 8. The predicted molar refractivity (Wildman–Crippen MR) is 182 cm³/mol. The second-order valence-electron chi connectivity index (χ2n) is 11.2. The molecule has 8 nitrogen and oxygen atoms in total. The van der Waals surface area contributed by atoms with Gasteiger partial charge in [0.1, 0.15) is 30.1 Å². The molecule has 5 aromatic carbocycles. The molecule has 0 amide bonds.